The van der Waals surface area contributed by atoms with E-state index in [2.05, 4.69) is 14.8 Å². The Kier molecular flexibility index (Phi) is 6.94. The third-order valence-corrected chi connectivity index (χ3v) is 8.26. The topological polar surface area (TPSA) is 129 Å². The average molecular weight is 547 g/mol. The lowest BCUT2D eigenvalue weighted by molar-refractivity contribution is -0.0569. The highest BCUT2D eigenvalue weighted by Gasteiger charge is 2.27. The molecule has 5 heterocycles. The zero-order valence-electron chi connectivity index (χ0n) is 21.4. The van der Waals surface area contributed by atoms with Crippen LogP contribution in [0.2, 0.25) is 0 Å². The first-order valence-corrected chi connectivity index (χ1v) is 13.8. The number of ether oxygens (including phenoxy) is 2. The number of hydrogen-bond donors (Lipinski definition) is 2. The van der Waals surface area contributed by atoms with E-state index in [0.29, 0.717) is 34.1 Å². The molecule has 2 aromatic heterocycles. The van der Waals surface area contributed by atoms with Crippen LogP contribution in [-0.4, -0.2) is 65.9 Å². The van der Waals surface area contributed by atoms with Gasteiger partial charge in [0.1, 0.15) is 17.2 Å². The van der Waals surface area contributed by atoms with Crippen molar-refractivity contribution >= 4 is 44.8 Å². The van der Waals surface area contributed by atoms with Crippen molar-refractivity contribution < 1.29 is 14.3 Å². The molecule has 0 unspecified atom stereocenters. The van der Waals surface area contributed by atoms with Crippen LogP contribution in [0.1, 0.15) is 22.5 Å². The van der Waals surface area contributed by atoms with Gasteiger partial charge in [0.15, 0.2) is 5.82 Å². The summed E-state index contributed by atoms with van der Waals surface area (Å²) in [6, 6.07) is 17.8. The van der Waals surface area contributed by atoms with Gasteiger partial charge in [-0.25, -0.2) is 4.98 Å². The fraction of sp³-hybridized carbons (Fsp3) is 0.321. The Morgan fingerprint density at radius 2 is 1.77 bits per heavy atom. The Morgan fingerprint density at radius 1 is 1.00 bits per heavy atom. The summed E-state index contributed by atoms with van der Waals surface area (Å²) < 4.78 is 12.4. The van der Waals surface area contributed by atoms with Gasteiger partial charge in [-0.05, 0) is 62.3 Å². The number of nitrogen functional groups attached to an aromatic ring is 1. The highest BCUT2D eigenvalue weighted by Crippen LogP contribution is 2.38. The van der Waals surface area contributed by atoms with Crippen molar-refractivity contribution in [3.63, 3.8) is 0 Å². The van der Waals surface area contributed by atoms with Gasteiger partial charge in [0, 0.05) is 5.69 Å². The quantitative estimate of drug-likeness (QED) is 0.400. The van der Waals surface area contributed by atoms with Gasteiger partial charge < -0.3 is 25.8 Å². The number of benzene rings is 2. The predicted molar refractivity (Wildman–Crippen MR) is 153 cm³/mol. The van der Waals surface area contributed by atoms with Crippen molar-refractivity contribution in [3.8, 4) is 11.4 Å². The van der Waals surface area contributed by atoms with E-state index >= 15 is 0 Å². The second-order valence-electron chi connectivity index (χ2n) is 9.72. The van der Waals surface area contributed by atoms with Gasteiger partial charge in [-0.2, -0.15) is 0 Å². The van der Waals surface area contributed by atoms with Crippen LogP contribution in [0.4, 0.5) is 17.2 Å². The van der Waals surface area contributed by atoms with Crippen molar-refractivity contribution in [1.82, 2.24) is 14.5 Å². The number of amides is 1. The minimum absolute atomic E-state index is 0.144. The van der Waals surface area contributed by atoms with Gasteiger partial charge in [0.25, 0.3) is 11.5 Å². The molecule has 0 spiro atoms. The van der Waals surface area contributed by atoms with Crippen LogP contribution in [0.3, 0.4) is 0 Å². The van der Waals surface area contributed by atoms with E-state index in [0.717, 1.165) is 47.7 Å². The van der Waals surface area contributed by atoms with Crippen LogP contribution < -0.4 is 26.7 Å². The number of anilines is 3. The van der Waals surface area contributed by atoms with Gasteiger partial charge in [0.05, 0.1) is 47.6 Å². The van der Waals surface area contributed by atoms with Crippen molar-refractivity contribution in [2.75, 3.05) is 50.1 Å². The van der Waals surface area contributed by atoms with E-state index in [1.807, 2.05) is 42.5 Å². The van der Waals surface area contributed by atoms with Crippen LogP contribution in [-0.2, 0) is 4.74 Å². The molecule has 4 N–H and O–H groups in total. The average Bonchev–Trinajstić information content (AvgIpc) is 3.59. The zero-order chi connectivity index (χ0) is 26.9. The molecule has 2 fully saturated rings. The Hall–Kier alpha value is -3.93. The largest absolute Gasteiger partial charge is 0.490 e. The molecule has 202 valence electrons. The molecular formula is C28H30N6O4S. The van der Waals surface area contributed by atoms with E-state index in [4.69, 9.17) is 20.9 Å². The minimum Gasteiger partial charge on any atom is -0.490 e. The first-order valence-electron chi connectivity index (χ1n) is 13.0. The molecular weight excluding hydrogens is 516 g/mol. The summed E-state index contributed by atoms with van der Waals surface area (Å²) in [4.78, 5) is 34.1. The summed E-state index contributed by atoms with van der Waals surface area (Å²) in [7, 11) is 0. The number of thiophene rings is 1. The molecule has 11 heteroatoms. The second kappa shape index (κ2) is 10.7. The van der Waals surface area contributed by atoms with E-state index in [-0.39, 0.29) is 5.82 Å². The second-order valence-corrected chi connectivity index (χ2v) is 10.8. The molecule has 10 nitrogen and oxygen atoms in total. The van der Waals surface area contributed by atoms with Crippen LogP contribution in [0.5, 0.6) is 5.75 Å². The Labute approximate surface area is 229 Å². The number of carbonyl (C=O) groups is 1. The lowest BCUT2D eigenvalue weighted by Gasteiger charge is -2.34. The fourth-order valence-electron chi connectivity index (χ4n) is 5.13. The minimum atomic E-state index is -0.579. The van der Waals surface area contributed by atoms with Crippen LogP contribution in [0, 0.1) is 0 Å². The van der Waals surface area contributed by atoms with E-state index < -0.39 is 11.5 Å². The van der Waals surface area contributed by atoms with Crippen LogP contribution in [0.15, 0.2) is 59.4 Å². The number of fused-ring (bicyclic) bond motifs is 2. The maximum atomic E-state index is 12.9. The van der Waals surface area contributed by atoms with Crippen molar-refractivity contribution in [2.24, 2.45) is 5.73 Å². The van der Waals surface area contributed by atoms with Gasteiger partial charge in [-0.3, -0.25) is 19.1 Å². The highest BCUT2D eigenvalue weighted by atomic mass is 32.1. The van der Waals surface area contributed by atoms with Gasteiger partial charge in [-0.15, -0.1) is 11.3 Å². The standard InChI is InChI=1S/C21H17N5O3S.C7H13NO/c22-18-21(28)26(15-11-17(19(23)27)30-20(15)24-18)13-6-7-16-14(10-13)25(8-9-29-16)12-4-2-1-3-5-12;1-2-4-8(3-1)7-5-9-6-7/h1-7,10-11H,8-9H2,(H2,22,24)(H2,23,27);7H,1-6H2. The first-order chi connectivity index (χ1) is 19.0. The predicted octanol–water partition coefficient (Wildman–Crippen LogP) is 3.14. The number of hydrogen-bond acceptors (Lipinski definition) is 9. The molecule has 7 rings (SSSR count). The maximum Gasteiger partial charge on any atom is 0.298 e. The zero-order valence-corrected chi connectivity index (χ0v) is 22.2. The Bertz CT molecular complexity index is 1560. The van der Waals surface area contributed by atoms with Crippen molar-refractivity contribution in [1.29, 1.82) is 0 Å². The number of para-hydroxylation sites is 1. The number of nitrogens with zero attached hydrogens (tertiary/aromatic N) is 4. The number of likely N-dealkylation sites (tertiary alicyclic amines) is 1. The molecule has 2 aromatic carbocycles. The Balaban J connectivity index is 0.000000258. The third-order valence-electron chi connectivity index (χ3n) is 7.23. The molecule has 39 heavy (non-hydrogen) atoms. The lowest BCUT2D eigenvalue weighted by atomic mass is 10.1. The summed E-state index contributed by atoms with van der Waals surface area (Å²) in [5.74, 6) is 0.00207. The van der Waals surface area contributed by atoms with Crippen LogP contribution in [0.25, 0.3) is 16.0 Å². The molecule has 0 bridgehead atoms. The van der Waals surface area contributed by atoms with Crippen molar-refractivity contribution in [3.05, 3.63) is 69.8 Å². The monoisotopic (exact) mass is 546 g/mol. The maximum absolute atomic E-state index is 12.9. The molecule has 3 aliphatic rings. The normalized spacial score (nSPS) is 17.2. The summed E-state index contributed by atoms with van der Waals surface area (Å²) in [6.45, 7) is 5.83. The number of carbonyl (C=O) groups excluding carboxylic acids is 1. The third kappa shape index (κ3) is 4.96. The summed E-state index contributed by atoms with van der Waals surface area (Å²) in [5.41, 5.74) is 13.8. The molecule has 4 aromatic rings. The fourth-order valence-corrected chi connectivity index (χ4v) is 6.01. The number of rotatable bonds is 4. The van der Waals surface area contributed by atoms with Gasteiger partial charge >= 0.3 is 0 Å². The molecule has 0 saturated carbocycles. The summed E-state index contributed by atoms with van der Waals surface area (Å²) >= 11 is 1.10. The lowest BCUT2D eigenvalue weighted by Crippen LogP contribution is -2.47. The molecule has 3 aliphatic heterocycles. The first kappa shape index (κ1) is 25.4. The highest BCUT2D eigenvalue weighted by molar-refractivity contribution is 7.20. The van der Waals surface area contributed by atoms with Gasteiger partial charge in [0.2, 0.25) is 0 Å². The van der Waals surface area contributed by atoms with E-state index in [9.17, 15) is 9.59 Å². The molecule has 0 atom stereocenters. The molecule has 2 saturated heterocycles. The number of aromatic nitrogens is 2. The summed E-state index contributed by atoms with van der Waals surface area (Å²) in [5, 5.41) is 0. The molecule has 0 aliphatic carbocycles. The van der Waals surface area contributed by atoms with Gasteiger partial charge in [-0.1, -0.05) is 18.2 Å². The van der Waals surface area contributed by atoms with E-state index in [1.54, 1.807) is 12.1 Å². The molecule has 0 radical (unpaired) electrons. The van der Waals surface area contributed by atoms with Crippen LogP contribution >= 0.6 is 11.3 Å². The SMILES string of the molecule is C1CCN(C2COC2)C1.NC(=O)c1cc2c(nc(N)c(=O)n2-c2ccc3c(c2)N(c2ccccc2)CCO3)s1. The number of primary amides is 1. The van der Waals surface area contributed by atoms with E-state index in [1.165, 1.54) is 30.5 Å². The molecule has 1 amide bonds. The number of nitrogens with two attached hydrogens (primary N) is 2. The van der Waals surface area contributed by atoms with Crippen molar-refractivity contribution in [2.45, 2.75) is 18.9 Å². The summed E-state index contributed by atoms with van der Waals surface area (Å²) in [6.07, 6.45) is 2.80. The Morgan fingerprint density at radius 3 is 2.46 bits per heavy atom. The smallest absolute Gasteiger partial charge is 0.298 e.